The normalized spacial score (nSPS) is 15.0. The number of hydrogen-bond donors (Lipinski definition) is 2. The van der Waals surface area contributed by atoms with Crippen LogP contribution in [0.25, 0.3) is 0 Å². The second-order valence-corrected chi connectivity index (χ2v) is 12.0. The van der Waals surface area contributed by atoms with Crippen LogP contribution < -0.4 is 5.32 Å². The van der Waals surface area contributed by atoms with Gasteiger partial charge >= 0.3 is 6.09 Å². The highest BCUT2D eigenvalue weighted by molar-refractivity contribution is 6.74. The predicted octanol–water partition coefficient (Wildman–Crippen LogP) is 2.85. The Bertz CT molecular complexity index is 305. The summed E-state index contributed by atoms with van der Waals surface area (Å²) in [6.45, 7) is 15.9. The minimum atomic E-state index is -1.92. The zero-order chi connectivity index (χ0) is 15.5. The van der Waals surface area contributed by atoms with Crippen molar-refractivity contribution in [2.24, 2.45) is 0 Å². The molecule has 0 aliphatic carbocycles. The fraction of sp³-hybridized carbons (Fsp3) is 0.923. The lowest BCUT2D eigenvalue weighted by molar-refractivity contribution is 0.0239. The van der Waals surface area contributed by atoms with Crippen molar-refractivity contribution in [3.05, 3.63) is 0 Å². The summed E-state index contributed by atoms with van der Waals surface area (Å²) in [5, 5.41) is 12.2. The number of carbonyl (C=O) groups excluding carboxylic acids is 1. The van der Waals surface area contributed by atoms with Crippen molar-refractivity contribution >= 4 is 14.4 Å². The van der Waals surface area contributed by atoms with Crippen LogP contribution in [-0.2, 0) is 9.16 Å². The molecule has 0 fully saturated rings. The van der Waals surface area contributed by atoms with Crippen LogP contribution in [0.15, 0.2) is 0 Å². The largest absolute Gasteiger partial charge is 0.444 e. The van der Waals surface area contributed by atoms with Crippen molar-refractivity contribution in [3.8, 4) is 0 Å². The lowest BCUT2D eigenvalue weighted by Gasteiger charge is -2.36. The second-order valence-electron chi connectivity index (χ2n) is 7.23. The van der Waals surface area contributed by atoms with E-state index in [4.69, 9.17) is 9.16 Å². The van der Waals surface area contributed by atoms with E-state index in [9.17, 15) is 9.90 Å². The summed E-state index contributed by atoms with van der Waals surface area (Å²) in [6, 6.07) is 0. The molecule has 19 heavy (non-hydrogen) atoms. The number of ether oxygens (including phenoxy) is 1. The molecule has 1 unspecified atom stereocenters. The molecule has 5 nitrogen and oxygen atoms in total. The predicted molar refractivity (Wildman–Crippen MR) is 78.5 cm³/mol. The van der Waals surface area contributed by atoms with Crippen LogP contribution in [0.1, 0.15) is 41.5 Å². The monoisotopic (exact) mass is 291 g/mol. The Balaban J connectivity index is 4.20. The van der Waals surface area contributed by atoms with Crippen molar-refractivity contribution in [1.82, 2.24) is 5.32 Å². The summed E-state index contributed by atoms with van der Waals surface area (Å²) >= 11 is 0. The first kappa shape index (κ1) is 18.4. The van der Waals surface area contributed by atoms with Gasteiger partial charge in [-0.2, -0.15) is 0 Å². The molecular formula is C13H29NO4Si. The van der Waals surface area contributed by atoms with E-state index in [2.05, 4.69) is 39.2 Å². The molecule has 0 aliphatic heterocycles. The van der Waals surface area contributed by atoms with Gasteiger partial charge in [-0.25, -0.2) is 4.79 Å². The molecule has 0 aliphatic rings. The molecule has 0 bridgehead atoms. The third kappa shape index (κ3) is 7.54. The van der Waals surface area contributed by atoms with Crippen LogP contribution in [0.2, 0.25) is 18.1 Å². The van der Waals surface area contributed by atoms with E-state index in [0.717, 1.165) is 0 Å². The number of aliphatic hydroxyl groups excluding tert-OH is 1. The minimum Gasteiger partial charge on any atom is -0.444 e. The molecule has 0 aromatic rings. The highest BCUT2D eigenvalue weighted by Gasteiger charge is 2.37. The number of alkyl carbamates (subject to hydrolysis) is 1. The fourth-order valence-electron chi connectivity index (χ4n) is 0.989. The van der Waals surface area contributed by atoms with Crippen LogP contribution in [0.4, 0.5) is 4.79 Å². The van der Waals surface area contributed by atoms with Gasteiger partial charge in [-0.1, -0.05) is 20.8 Å². The molecule has 1 amide bonds. The highest BCUT2D eigenvalue weighted by Crippen LogP contribution is 2.36. The summed E-state index contributed by atoms with van der Waals surface area (Å²) in [4.78, 5) is 11.5. The Kier molecular flexibility index (Phi) is 6.04. The Morgan fingerprint density at radius 3 is 2.05 bits per heavy atom. The molecule has 0 heterocycles. The summed E-state index contributed by atoms with van der Waals surface area (Å²) in [7, 11) is -1.92. The van der Waals surface area contributed by atoms with Crippen molar-refractivity contribution in [2.75, 3.05) is 6.61 Å². The molecule has 114 valence electrons. The van der Waals surface area contributed by atoms with E-state index in [-0.39, 0.29) is 11.6 Å². The highest BCUT2D eigenvalue weighted by atomic mass is 28.4. The van der Waals surface area contributed by atoms with Gasteiger partial charge in [0.05, 0.1) is 6.61 Å². The van der Waals surface area contributed by atoms with Crippen LogP contribution in [0.3, 0.4) is 0 Å². The van der Waals surface area contributed by atoms with Gasteiger partial charge in [0.15, 0.2) is 14.5 Å². The number of aliphatic hydroxyl groups is 1. The number of amides is 1. The Morgan fingerprint density at radius 1 is 1.21 bits per heavy atom. The van der Waals surface area contributed by atoms with Gasteiger partial charge in [-0.15, -0.1) is 0 Å². The molecule has 0 aromatic heterocycles. The molecule has 0 saturated carbocycles. The fourth-order valence-corrected chi connectivity index (χ4v) is 2.00. The maximum Gasteiger partial charge on any atom is 0.409 e. The Morgan fingerprint density at radius 2 is 1.68 bits per heavy atom. The number of nitrogens with one attached hydrogen (secondary N) is 1. The molecule has 0 aromatic carbocycles. The lowest BCUT2D eigenvalue weighted by Crippen LogP contribution is -2.47. The van der Waals surface area contributed by atoms with Crippen LogP contribution in [-0.4, -0.2) is 38.0 Å². The van der Waals surface area contributed by atoms with Gasteiger partial charge in [0.2, 0.25) is 0 Å². The summed E-state index contributed by atoms with van der Waals surface area (Å²) in [5.41, 5.74) is -0.579. The van der Waals surface area contributed by atoms with Gasteiger partial charge < -0.3 is 14.3 Å². The van der Waals surface area contributed by atoms with Gasteiger partial charge in [0, 0.05) is 0 Å². The first-order chi connectivity index (χ1) is 8.24. The molecule has 0 rings (SSSR count). The van der Waals surface area contributed by atoms with Crippen LogP contribution in [0.5, 0.6) is 0 Å². The van der Waals surface area contributed by atoms with Crippen molar-refractivity contribution in [3.63, 3.8) is 0 Å². The number of rotatable bonds is 4. The number of hydrogen-bond acceptors (Lipinski definition) is 4. The van der Waals surface area contributed by atoms with E-state index in [1.807, 2.05) is 0 Å². The van der Waals surface area contributed by atoms with Crippen molar-refractivity contribution < 1.29 is 19.1 Å². The molecular weight excluding hydrogens is 262 g/mol. The van der Waals surface area contributed by atoms with E-state index in [1.54, 1.807) is 20.8 Å². The molecule has 0 saturated heterocycles. The smallest absolute Gasteiger partial charge is 0.409 e. The average molecular weight is 291 g/mol. The molecule has 2 N–H and O–H groups in total. The van der Waals surface area contributed by atoms with Gasteiger partial charge in [0.25, 0.3) is 0 Å². The average Bonchev–Trinajstić information content (AvgIpc) is 2.09. The van der Waals surface area contributed by atoms with E-state index in [1.165, 1.54) is 0 Å². The Hall–Kier alpha value is -0.593. The molecule has 1 atom stereocenters. The van der Waals surface area contributed by atoms with E-state index in [0.29, 0.717) is 0 Å². The standard InChI is InChI=1S/C13H29NO4Si/c1-12(2,3)18-11(16)14-10(15)9-17-19(7,8)13(4,5)6/h10,15H,9H2,1-8H3,(H,14,16). The quantitative estimate of drug-likeness (QED) is 0.617. The van der Waals surface area contributed by atoms with Crippen LogP contribution in [0, 0.1) is 0 Å². The third-order valence-electron chi connectivity index (χ3n) is 3.09. The summed E-state index contributed by atoms with van der Waals surface area (Å²) in [5.74, 6) is 0. The maximum atomic E-state index is 11.5. The zero-order valence-electron chi connectivity index (χ0n) is 13.5. The van der Waals surface area contributed by atoms with Gasteiger partial charge in [-0.05, 0) is 38.9 Å². The molecule has 0 radical (unpaired) electrons. The van der Waals surface area contributed by atoms with E-state index < -0.39 is 26.2 Å². The van der Waals surface area contributed by atoms with E-state index >= 15 is 0 Å². The first-order valence-corrected chi connectivity index (χ1v) is 9.47. The minimum absolute atomic E-state index is 0.0681. The first-order valence-electron chi connectivity index (χ1n) is 6.56. The third-order valence-corrected chi connectivity index (χ3v) is 7.59. The molecule has 0 spiro atoms. The van der Waals surface area contributed by atoms with Crippen molar-refractivity contribution in [2.45, 2.75) is 71.5 Å². The van der Waals surface area contributed by atoms with Gasteiger partial charge in [-0.3, -0.25) is 5.32 Å². The molecule has 6 heteroatoms. The summed E-state index contributed by atoms with van der Waals surface area (Å²) in [6.07, 6.45) is -1.69. The van der Waals surface area contributed by atoms with Crippen molar-refractivity contribution in [1.29, 1.82) is 0 Å². The number of carbonyl (C=O) groups is 1. The van der Waals surface area contributed by atoms with Crippen LogP contribution >= 0.6 is 0 Å². The Labute approximate surface area is 117 Å². The topological polar surface area (TPSA) is 67.8 Å². The summed E-state index contributed by atoms with van der Waals surface area (Å²) < 4.78 is 10.9. The zero-order valence-corrected chi connectivity index (χ0v) is 14.5. The lowest BCUT2D eigenvalue weighted by atomic mass is 10.2. The SMILES string of the molecule is CC(C)(C)OC(=O)NC(O)CO[Si](C)(C)C(C)(C)C. The maximum absolute atomic E-state index is 11.5. The second kappa shape index (κ2) is 6.24. The van der Waals surface area contributed by atoms with Gasteiger partial charge in [0.1, 0.15) is 5.60 Å².